The van der Waals surface area contributed by atoms with E-state index in [0.29, 0.717) is 16.9 Å². The van der Waals surface area contributed by atoms with Gasteiger partial charge in [-0.1, -0.05) is 13.8 Å². The monoisotopic (exact) mass is 334 g/mol. The molecule has 0 bridgehead atoms. The zero-order valence-corrected chi connectivity index (χ0v) is 15.8. The van der Waals surface area contributed by atoms with E-state index in [2.05, 4.69) is 19.2 Å². The van der Waals surface area contributed by atoms with Crippen LogP contribution in [-0.2, 0) is 0 Å². The van der Waals surface area contributed by atoms with Crippen LogP contribution in [-0.4, -0.2) is 30.3 Å². The van der Waals surface area contributed by atoms with Gasteiger partial charge in [0, 0.05) is 19.1 Å². The third-order valence-corrected chi connectivity index (χ3v) is 9.17. The number of rotatable bonds is 3. The summed E-state index contributed by atoms with van der Waals surface area (Å²) in [6.07, 6.45) is 11.7. The summed E-state index contributed by atoms with van der Waals surface area (Å²) in [7, 11) is 0. The van der Waals surface area contributed by atoms with Crippen molar-refractivity contribution >= 4 is 0 Å². The van der Waals surface area contributed by atoms with Crippen molar-refractivity contribution in [1.82, 2.24) is 5.32 Å². The van der Waals surface area contributed by atoms with Gasteiger partial charge in [-0.15, -0.1) is 0 Å². The smallest absolute Gasteiger partial charge is 0.0543 e. The summed E-state index contributed by atoms with van der Waals surface area (Å²) in [5, 5.41) is 13.9. The van der Waals surface area contributed by atoms with Gasteiger partial charge in [0.05, 0.1) is 6.10 Å². The molecular weight excluding hydrogens is 296 g/mol. The predicted molar refractivity (Wildman–Crippen MR) is 98.6 cm³/mol. The fraction of sp³-hybridized carbons (Fsp3) is 1.00. The second-order valence-corrected chi connectivity index (χ2v) is 10.0. The molecule has 0 unspecified atom stereocenters. The summed E-state index contributed by atoms with van der Waals surface area (Å²) in [5.41, 5.74) is 6.74. The molecule has 0 aliphatic heterocycles. The molecule has 24 heavy (non-hydrogen) atoms. The van der Waals surface area contributed by atoms with Crippen molar-refractivity contribution in [2.45, 2.75) is 83.8 Å². The van der Waals surface area contributed by atoms with Crippen LogP contribution in [0.15, 0.2) is 0 Å². The van der Waals surface area contributed by atoms with Crippen molar-refractivity contribution in [2.75, 3.05) is 13.1 Å². The van der Waals surface area contributed by atoms with E-state index in [1.165, 1.54) is 44.9 Å². The average Bonchev–Trinajstić information content (AvgIpc) is 2.90. The molecule has 0 aromatic heterocycles. The molecule has 3 nitrogen and oxygen atoms in total. The first kappa shape index (κ1) is 17.3. The van der Waals surface area contributed by atoms with Crippen LogP contribution in [0.25, 0.3) is 0 Å². The van der Waals surface area contributed by atoms with E-state index in [0.717, 1.165) is 49.6 Å². The van der Waals surface area contributed by atoms with Crippen LogP contribution in [0.2, 0.25) is 0 Å². The first-order valence-electron chi connectivity index (χ1n) is 10.6. The van der Waals surface area contributed by atoms with Crippen molar-refractivity contribution < 1.29 is 5.11 Å². The molecule has 4 rings (SSSR count). The number of aliphatic hydroxyl groups is 1. The lowest BCUT2D eigenvalue weighted by Crippen LogP contribution is -2.56. The SMILES string of the molecule is C[C@]12CC[C@@H](O)C[C@@H]1CC[C@H]1[C@H]2CC[C@@]2(C)[C@@H]1CC[C@H]2NCCN. The quantitative estimate of drug-likeness (QED) is 0.742. The Kier molecular flexibility index (Phi) is 4.50. The van der Waals surface area contributed by atoms with E-state index >= 15 is 0 Å². The molecule has 0 amide bonds. The molecule has 4 aliphatic rings. The molecular formula is C21H38N2O. The van der Waals surface area contributed by atoms with Crippen molar-refractivity contribution in [2.24, 2.45) is 40.2 Å². The number of nitrogens with two attached hydrogens (primary N) is 1. The van der Waals surface area contributed by atoms with Gasteiger partial charge in [0.15, 0.2) is 0 Å². The Morgan fingerprint density at radius 2 is 1.71 bits per heavy atom. The number of hydrogen-bond donors (Lipinski definition) is 3. The highest BCUT2D eigenvalue weighted by atomic mass is 16.3. The van der Waals surface area contributed by atoms with Crippen LogP contribution in [0, 0.1) is 34.5 Å². The highest BCUT2D eigenvalue weighted by Crippen LogP contribution is 2.66. The van der Waals surface area contributed by atoms with Crippen molar-refractivity contribution in [3.63, 3.8) is 0 Å². The Hall–Kier alpha value is -0.120. The number of nitrogens with one attached hydrogen (secondary N) is 1. The number of hydrogen-bond acceptors (Lipinski definition) is 3. The van der Waals surface area contributed by atoms with E-state index < -0.39 is 0 Å². The molecule has 0 saturated heterocycles. The maximum Gasteiger partial charge on any atom is 0.0543 e. The molecule has 138 valence electrons. The molecule has 0 spiro atoms. The minimum absolute atomic E-state index is 0.0233. The maximum atomic E-state index is 10.1. The summed E-state index contributed by atoms with van der Waals surface area (Å²) in [4.78, 5) is 0. The van der Waals surface area contributed by atoms with E-state index in [9.17, 15) is 5.11 Å². The minimum atomic E-state index is -0.0233. The first-order chi connectivity index (χ1) is 11.5. The fourth-order valence-corrected chi connectivity index (χ4v) is 7.83. The minimum Gasteiger partial charge on any atom is -0.393 e. The molecule has 4 aliphatic carbocycles. The Morgan fingerprint density at radius 1 is 0.958 bits per heavy atom. The summed E-state index contributed by atoms with van der Waals surface area (Å²) in [5.74, 6) is 3.54. The molecule has 0 heterocycles. The third-order valence-electron chi connectivity index (χ3n) is 9.17. The van der Waals surface area contributed by atoms with Crippen molar-refractivity contribution in [3.05, 3.63) is 0 Å². The first-order valence-corrected chi connectivity index (χ1v) is 10.6. The van der Waals surface area contributed by atoms with Crippen LogP contribution >= 0.6 is 0 Å². The number of fused-ring (bicyclic) bond motifs is 5. The average molecular weight is 335 g/mol. The van der Waals surface area contributed by atoms with Gasteiger partial charge in [-0.05, 0) is 92.3 Å². The second-order valence-electron chi connectivity index (χ2n) is 10.0. The third kappa shape index (κ3) is 2.49. The zero-order valence-electron chi connectivity index (χ0n) is 15.8. The maximum absolute atomic E-state index is 10.1. The van der Waals surface area contributed by atoms with E-state index in [-0.39, 0.29) is 6.10 Å². The van der Waals surface area contributed by atoms with Gasteiger partial charge in [0.25, 0.3) is 0 Å². The lowest BCUT2D eigenvalue weighted by Gasteiger charge is -2.61. The zero-order chi connectivity index (χ0) is 16.9. The molecule has 0 aromatic carbocycles. The van der Waals surface area contributed by atoms with Gasteiger partial charge in [-0.2, -0.15) is 0 Å². The number of aliphatic hydroxyl groups excluding tert-OH is 1. The van der Waals surface area contributed by atoms with Crippen molar-refractivity contribution in [1.29, 1.82) is 0 Å². The van der Waals surface area contributed by atoms with E-state index in [1.54, 1.807) is 0 Å². The molecule has 0 radical (unpaired) electrons. The molecule has 4 N–H and O–H groups in total. The molecule has 3 heteroatoms. The lowest BCUT2D eigenvalue weighted by atomic mass is 9.45. The van der Waals surface area contributed by atoms with Gasteiger partial charge >= 0.3 is 0 Å². The van der Waals surface area contributed by atoms with E-state index in [1.807, 2.05) is 0 Å². The van der Waals surface area contributed by atoms with Crippen LogP contribution in [0.5, 0.6) is 0 Å². The van der Waals surface area contributed by atoms with Crippen LogP contribution in [0.1, 0.15) is 71.6 Å². The van der Waals surface area contributed by atoms with Gasteiger partial charge in [-0.25, -0.2) is 0 Å². The normalized spacial score (nSPS) is 54.0. The summed E-state index contributed by atoms with van der Waals surface area (Å²) in [6.45, 7) is 6.89. The van der Waals surface area contributed by atoms with Gasteiger partial charge in [-0.3, -0.25) is 0 Å². The van der Waals surface area contributed by atoms with Gasteiger partial charge in [0.2, 0.25) is 0 Å². The Bertz CT molecular complexity index is 469. The predicted octanol–water partition coefficient (Wildman–Crippen LogP) is 3.31. The molecule has 4 fully saturated rings. The summed E-state index contributed by atoms with van der Waals surface area (Å²) >= 11 is 0. The molecule has 8 atom stereocenters. The fourth-order valence-electron chi connectivity index (χ4n) is 7.83. The highest BCUT2D eigenvalue weighted by molar-refractivity contribution is 5.10. The summed E-state index contributed by atoms with van der Waals surface area (Å²) in [6, 6.07) is 0.686. The Balaban J connectivity index is 1.54. The van der Waals surface area contributed by atoms with E-state index in [4.69, 9.17) is 5.73 Å². The second kappa shape index (κ2) is 6.25. The topological polar surface area (TPSA) is 58.3 Å². The lowest BCUT2D eigenvalue weighted by molar-refractivity contribution is -0.123. The molecule has 0 aromatic rings. The standard InChI is InChI=1S/C21H38N2O/c1-20-9-7-15(24)13-14(20)3-4-16-17-5-6-19(23-12-11-22)21(17,2)10-8-18(16)20/h14-19,23-24H,3-13,22H2,1-2H3/t14-,15+,16+,17+,18+,19+,20-,21-/m0/s1. The van der Waals surface area contributed by atoms with Crippen LogP contribution in [0.4, 0.5) is 0 Å². The highest BCUT2D eigenvalue weighted by Gasteiger charge is 2.59. The Morgan fingerprint density at radius 3 is 2.50 bits per heavy atom. The van der Waals surface area contributed by atoms with Gasteiger partial charge < -0.3 is 16.2 Å². The summed E-state index contributed by atoms with van der Waals surface area (Å²) < 4.78 is 0. The largest absolute Gasteiger partial charge is 0.393 e. The van der Waals surface area contributed by atoms with Crippen LogP contribution < -0.4 is 11.1 Å². The molecule has 4 saturated carbocycles. The van der Waals surface area contributed by atoms with Crippen molar-refractivity contribution in [3.8, 4) is 0 Å². The van der Waals surface area contributed by atoms with Gasteiger partial charge in [0.1, 0.15) is 0 Å². The Labute approximate surface area is 148 Å². The van der Waals surface area contributed by atoms with Crippen LogP contribution in [0.3, 0.4) is 0 Å².